The van der Waals surface area contributed by atoms with Gasteiger partial charge in [-0.2, -0.15) is 4.98 Å². The van der Waals surface area contributed by atoms with Gasteiger partial charge in [-0.05, 0) is 30.8 Å². The minimum atomic E-state index is -0.0262. The first-order valence-electron chi connectivity index (χ1n) is 10.00. The van der Waals surface area contributed by atoms with Gasteiger partial charge in [0.1, 0.15) is 0 Å². The van der Waals surface area contributed by atoms with Crippen molar-refractivity contribution in [3.05, 3.63) is 66.3 Å². The van der Waals surface area contributed by atoms with Gasteiger partial charge < -0.3 is 9.84 Å². The predicted octanol–water partition coefficient (Wildman–Crippen LogP) is 3.26. The monoisotopic (exact) mass is 393 g/mol. The van der Waals surface area contributed by atoms with Crippen LogP contribution in [0.25, 0.3) is 11.4 Å². The molecule has 3 aromatic rings. The van der Waals surface area contributed by atoms with Crippen LogP contribution in [0.2, 0.25) is 0 Å². The standard InChI is InChI=1S/C22H27N5O2/c1-3-27(4-2)19(17-8-6-5-7-9-17)16-24-20(28)10-11-21-25-22(26-29-21)18-12-14-23-15-13-18/h5-9,12-15,19H,3-4,10-11,16H2,1-2H3,(H,24,28). The Labute approximate surface area is 171 Å². The van der Waals surface area contributed by atoms with E-state index in [2.05, 4.69) is 51.3 Å². The Morgan fingerprint density at radius 3 is 2.52 bits per heavy atom. The van der Waals surface area contributed by atoms with Crippen LogP contribution in [0.3, 0.4) is 0 Å². The minimum absolute atomic E-state index is 0.0262. The Hall–Kier alpha value is -3.06. The molecule has 0 aliphatic rings. The van der Waals surface area contributed by atoms with E-state index in [9.17, 15) is 4.79 Å². The van der Waals surface area contributed by atoms with Gasteiger partial charge >= 0.3 is 0 Å². The highest BCUT2D eigenvalue weighted by molar-refractivity contribution is 5.76. The SMILES string of the molecule is CCN(CC)C(CNC(=O)CCc1nc(-c2ccncc2)no1)c1ccccc1. The zero-order chi connectivity index (χ0) is 20.5. The Balaban J connectivity index is 1.54. The van der Waals surface area contributed by atoms with Crippen LogP contribution in [0, 0.1) is 0 Å². The van der Waals surface area contributed by atoms with Crippen molar-refractivity contribution >= 4 is 5.91 Å². The van der Waals surface area contributed by atoms with Gasteiger partial charge in [-0.25, -0.2) is 0 Å². The van der Waals surface area contributed by atoms with Crippen LogP contribution >= 0.6 is 0 Å². The van der Waals surface area contributed by atoms with Crippen molar-refractivity contribution in [2.75, 3.05) is 19.6 Å². The first-order valence-corrected chi connectivity index (χ1v) is 10.00. The lowest BCUT2D eigenvalue weighted by atomic mass is 10.0. The van der Waals surface area contributed by atoms with Crippen LogP contribution in [0.15, 0.2) is 59.4 Å². The maximum atomic E-state index is 12.4. The number of rotatable bonds is 10. The van der Waals surface area contributed by atoms with Gasteiger partial charge in [0, 0.05) is 37.3 Å². The van der Waals surface area contributed by atoms with Gasteiger partial charge in [0.2, 0.25) is 17.6 Å². The van der Waals surface area contributed by atoms with Crippen molar-refractivity contribution in [3.63, 3.8) is 0 Å². The lowest BCUT2D eigenvalue weighted by molar-refractivity contribution is -0.121. The van der Waals surface area contributed by atoms with Crippen LogP contribution in [-0.4, -0.2) is 45.6 Å². The highest BCUT2D eigenvalue weighted by Gasteiger charge is 2.19. The molecule has 0 aliphatic carbocycles. The number of carbonyl (C=O) groups excluding carboxylic acids is 1. The third kappa shape index (κ3) is 5.71. The van der Waals surface area contributed by atoms with E-state index < -0.39 is 0 Å². The summed E-state index contributed by atoms with van der Waals surface area (Å²) in [6.45, 7) is 6.68. The average molecular weight is 393 g/mol. The molecule has 0 saturated heterocycles. The van der Waals surface area contributed by atoms with Gasteiger partial charge in [-0.15, -0.1) is 0 Å². The Morgan fingerprint density at radius 2 is 1.83 bits per heavy atom. The molecule has 7 heteroatoms. The van der Waals surface area contributed by atoms with E-state index in [4.69, 9.17) is 4.52 Å². The lowest BCUT2D eigenvalue weighted by Crippen LogP contribution is -2.38. The molecule has 0 radical (unpaired) electrons. The van der Waals surface area contributed by atoms with E-state index in [1.54, 1.807) is 12.4 Å². The molecule has 0 fully saturated rings. The van der Waals surface area contributed by atoms with Gasteiger partial charge in [-0.3, -0.25) is 14.7 Å². The summed E-state index contributed by atoms with van der Waals surface area (Å²) < 4.78 is 5.27. The zero-order valence-corrected chi connectivity index (χ0v) is 16.9. The fourth-order valence-electron chi connectivity index (χ4n) is 3.29. The number of amides is 1. The average Bonchev–Trinajstić information content (AvgIpc) is 3.25. The number of likely N-dealkylation sites (N-methyl/N-ethyl adjacent to an activating group) is 1. The number of nitrogens with zero attached hydrogens (tertiary/aromatic N) is 4. The summed E-state index contributed by atoms with van der Waals surface area (Å²) in [6.07, 6.45) is 4.07. The molecule has 152 valence electrons. The Kier molecular flexibility index (Phi) is 7.47. The first kappa shape index (κ1) is 20.7. The first-order chi connectivity index (χ1) is 14.2. The molecular weight excluding hydrogens is 366 g/mol. The minimum Gasteiger partial charge on any atom is -0.354 e. The predicted molar refractivity (Wildman–Crippen MR) is 111 cm³/mol. The van der Waals surface area contributed by atoms with E-state index in [1.165, 1.54) is 5.56 Å². The molecule has 7 nitrogen and oxygen atoms in total. The van der Waals surface area contributed by atoms with Gasteiger partial charge in [0.15, 0.2) is 0 Å². The van der Waals surface area contributed by atoms with Crippen LogP contribution in [-0.2, 0) is 11.2 Å². The van der Waals surface area contributed by atoms with E-state index in [-0.39, 0.29) is 11.9 Å². The number of aromatic nitrogens is 3. The Morgan fingerprint density at radius 1 is 1.10 bits per heavy atom. The summed E-state index contributed by atoms with van der Waals surface area (Å²) in [7, 11) is 0. The molecule has 1 N–H and O–H groups in total. The van der Waals surface area contributed by atoms with E-state index in [1.807, 2.05) is 30.3 Å². The van der Waals surface area contributed by atoms with E-state index in [0.29, 0.717) is 31.1 Å². The summed E-state index contributed by atoms with van der Waals surface area (Å²) in [6, 6.07) is 14.1. The zero-order valence-electron chi connectivity index (χ0n) is 16.9. The third-order valence-electron chi connectivity index (χ3n) is 4.90. The fraction of sp³-hybridized carbons (Fsp3) is 0.364. The van der Waals surface area contributed by atoms with E-state index in [0.717, 1.165) is 18.7 Å². The van der Waals surface area contributed by atoms with Crippen molar-refractivity contribution < 1.29 is 9.32 Å². The molecule has 0 bridgehead atoms. The number of pyridine rings is 1. The molecule has 2 heterocycles. The molecule has 2 aromatic heterocycles. The third-order valence-corrected chi connectivity index (χ3v) is 4.90. The number of hydrogen-bond donors (Lipinski definition) is 1. The smallest absolute Gasteiger partial charge is 0.227 e. The quantitative estimate of drug-likeness (QED) is 0.569. The molecule has 1 unspecified atom stereocenters. The topological polar surface area (TPSA) is 84.2 Å². The number of hydrogen-bond acceptors (Lipinski definition) is 6. The Bertz CT molecular complexity index is 878. The highest BCUT2D eigenvalue weighted by atomic mass is 16.5. The number of carbonyl (C=O) groups is 1. The van der Waals surface area contributed by atoms with Crippen LogP contribution in [0.4, 0.5) is 0 Å². The van der Waals surface area contributed by atoms with Crippen LogP contribution < -0.4 is 5.32 Å². The molecule has 1 aromatic carbocycles. The van der Waals surface area contributed by atoms with Gasteiger partial charge in [0.25, 0.3) is 0 Å². The van der Waals surface area contributed by atoms with E-state index >= 15 is 0 Å². The molecular formula is C22H27N5O2. The number of benzene rings is 1. The number of aryl methyl sites for hydroxylation is 1. The maximum Gasteiger partial charge on any atom is 0.227 e. The second kappa shape index (κ2) is 10.5. The van der Waals surface area contributed by atoms with Gasteiger partial charge in [-0.1, -0.05) is 49.3 Å². The molecule has 1 amide bonds. The van der Waals surface area contributed by atoms with Gasteiger partial charge in [0.05, 0.1) is 6.04 Å². The van der Waals surface area contributed by atoms with Crippen molar-refractivity contribution in [1.82, 2.24) is 25.3 Å². The lowest BCUT2D eigenvalue weighted by Gasteiger charge is -2.30. The molecule has 0 aliphatic heterocycles. The highest BCUT2D eigenvalue weighted by Crippen LogP contribution is 2.19. The second-order valence-corrected chi connectivity index (χ2v) is 6.70. The summed E-state index contributed by atoms with van der Waals surface area (Å²) in [5.74, 6) is 0.936. The van der Waals surface area contributed by atoms with Crippen LogP contribution in [0.5, 0.6) is 0 Å². The molecule has 29 heavy (non-hydrogen) atoms. The van der Waals surface area contributed by atoms with Crippen molar-refractivity contribution in [2.45, 2.75) is 32.7 Å². The largest absolute Gasteiger partial charge is 0.354 e. The molecule has 1 atom stereocenters. The molecule has 0 saturated carbocycles. The summed E-state index contributed by atoms with van der Waals surface area (Å²) in [5.41, 5.74) is 2.04. The fourth-order valence-corrected chi connectivity index (χ4v) is 3.29. The maximum absolute atomic E-state index is 12.4. The van der Waals surface area contributed by atoms with Crippen LogP contribution in [0.1, 0.15) is 37.8 Å². The second-order valence-electron chi connectivity index (χ2n) is 6.70. The molecule has 3 rings (SSSR count). The normalized spacial score (nSPS) is 12.1. The molecule has 0 spiro atoms. The summed E-state index contributed by atoms with van der Waals surface area (Å²) in [4.78, 5) is 23.1. The van der Waals surface area contributed by atoms with Crippen molar-refractivity contribution in [2.24, 2.45) is 0 Å². The summed E-state index contributed by atoms with van der Waals surface area (Å²) in [5, 5.41) is 7.03. The van der Waals surface area contributed by atoms with Crippen molar-refractivity contribution in [1.29, 1.82) is 0 Å². The number of nitrogens with one attached hydrogen (secondary N) is 1. The van der Waals surface area contributed by atoms with Crippen molar-refractivity contribution in [3.8, 4) is 11.4 Å². The summed E-state index contributed by atoms with van der Waals surface area (Å²) >= 11 is 0.